The van der Waals surface area contributed by atoms with Gasteiger partial charge >= 0.3 is 0 Å². The van der Waals surface area contributed by atoms with Crippen molar-refractivity contribution in [1.29, 1.82) is 5.26 Å². The van der Waals surface area contributed by atoms with E-state index in [0.29, 0.717) is 17.0 Å². The highest BCUT2D eigenvalue weighted by Gasteiger charge is 2.17. The SMILES string of the molecule is CS(=O)(=O)N(CCNC(=O)CCOc1ccccc1)c1cccc(C#N)c1. The number of carbonyl (C=O) groups excluding carboxylic acids is 1. The molecule has 27 heavy (non-hydrogen) atoms. The molecule has 1 N–H and O–H groups in total. The lowest BCUT2D eigenvalue weighted by Gasteiger charge is -2.22. The first-order chi connectivity index (χ1) is 12.9. The van der Waals surface area contributed by atoms with Crippen LogP contribution in [-0.2, 0) is 14.8 Å². The van der Waals surface area contributed by atoms with E-state index in [9.17, 15) is 13.2 Å². The van der Waals surface area contributed by atoms with Crippen molar-refractivity contribution in [2.24, 2.45) is 0 Å². The molecule has 2 rings (SSSR count). The number of nitrogens with one attached hydrogen (secondary N) is 1. The van der Waals surface area contributed by atoms with Crippen LogP contribution < -0.4 is 14.4 Å². The van der Waals surface area contributed by atoms with E-state index >= 15 is 0 Å². The molecule has 8 heteroatoms. The predicted molar refractivity (Wildman–Crippen MR) is 103 cm³/mol. The van der Waals surface area contributed by atoms with Crippen LogP contribution in [0.15, 0.2) is 54.6 Å². The molecule has 7 nitrogen and oxygen atoms in total. The molecule has 1 amide bonds. The maximum absolute atomic E-state index is 12.0. The predicted octanol–water partition coefficient (Wildman–Crippen LogP) is 1.91. The summed E-state index contributed by atoms with van der Waals surface area (Å²) in [6.45, 7) is 0.447. The normalized spacial score (nSPS) is 10.7. The number of carbonyl (C=O) groups is 1. The summed E-state index contributed by atoms with van der Waals surface area (Å²) in [6.07, 6.45) is 1.25. The smallest absolute Gasteiger partial charge is 0.232 e. The van der Waals surface area contributed by atoms with Crippen molar-refractivity contribution in [3.63, 3.8) is 0 Å². The third-order valence-corrected chi connectivity index (χ3v) is 4.84. The fourth-order valence-corrected chi connectivity index (χ4v) is 3.30. The van der Waals surface area contributed by atoms with E-state index in [0.717, 1.165) is 10.6 Å². The van der Waals surface area contributed by atoms with Gasteiger partial charge in [0, 0.05) is 6.54 Å². The van der Waals surface area contributed by atoms with E-state index < -0.39 is 10.0 Å². The Morgan fingerprint density at radius 1 is 1.19 bits per heavy atom. The Kier molecular flexibility index (Phi) is 7.20. The molecule has 0 unspecified atom stereocenters. The average molecular weight is 387 g/mol. The number of rotatable bonds is 9. The molecule has 0 bridgehead atoms. The second-order valence-electron chi connectivity index (χ2n) is 5.76. The maximum atomic E-state index is 12.0. The van der Waals surface area contributed by atoms with Crippen molar-refractivity contribution in [1.82, 2.24) is 5.32 Å². The molecule has 0 spiro atoms. The van der Waals surface area contributed by atoms with Crippen LogP contribution in [0.25, 0.3) is 0 Å². The molecule has 0 aliphatic heterocycles. The number of anilines is 1. The number of sulfonamides is 1. The van der Waals surface area contributed by atoms with Crippen LogP contribution in [-0.4, -0.2) is 40.3 Å². The van der Waals surface area contributed by atoms with Gasteiger partial charge in [-0.2, -0.15) is 5.26 Å². The number of nitriles is 1. The van der Waals surface area contributed by atoms with Gasteiger partial charge in [0.1, 0.15) is 5.75 Å². The van der Waals surface area contributed by atoms with Crippen LogP contribution >= 0.6 is 0 Å². The molecule has 2 aromatic carbocycles. The van der Waals surface area contributed by atoms with Crippen LogP contribution in [0.2, 0.25) is 0 Å². The van der Waals surface area contributed by atoms with Crippen LogP contribution in [0.5, 0.6) is 5.75 Å². The third-order valence-electron chi connectivity index (χ3n) is 3.64. The Morgan fingerprint density at radius 3 is 2.59 bits per heavy atom. The highest BCUT2D eigenvalue weighted by Crippen LogP contribution is 2.18. The first kappa shape index (κ1) is 20.3. The molecule has 142 valence electrons. The van der Waals surface area contributed by atoms with Crippen molar-refractivity contribution in [3.8, 4) is 11.8 Å². The van der Waals surface area contributed by atoms with Gasteiger partial charge in [-0.05, 0) is 30.3 Å². The van der Waals surface area contributed by atoms with E-state index in [4.69, 9.17) is 10.00 Å². The van der Waals surface area contributed by atoms with Crippen molar-refractivity contribution < 1.29 is 17.9 Å². The highest BCUT2D eigenvalue weighted by molar-refractivity contribution is 7.92. The zero-order valence-corrected chi connectivity index (χ0v) is 15.8. The zero-order valence-electron chi connectivity index (χ0n) is 15.0. The van der Waals surface area contributed by atoms with Crippen LogP contribution in [0, 0.1) is 11.3 Å². The number of amides is 1. The average Bonchev–Trinajstić information content (AvgIpc) is 2.65. The second kappa shape index (κ2) is 9.59. The number of hydrogen-bond acceptors (Lipinski definition) is 5. The number of nitrogens with zero attached hydrogens (tertiary/aromatic N) is 2. The van der Waals surface area contributed by atoms with Crippen LogP contribution in [0.3, 0.4) is 0 Å². The molecule has 0 aliphatic carbocycles. The van der Waals surface area contributed by atoms with Crippen molar-refractivity contribution in [2.45, 2.75) is 6.42 Å². The fourth-order valence-electron chi connectivity index (χ4n) is 2.38. The Hall–Kier alpha value is -3.05. The largest absolute Gasteiger partial charge is 0.493 e. The van der Waals surface area contributed by atoms with E-state index in [1.54, 1.807) is 30.3 Å². The molecular weight excluding hydrogens is 366 g/mol. The lowest BCUT2D eigenvalue weighted by molar-refractivity contribution is -0.121. The van der Waals surface area contributed by atoms with E-state index in [-0.39, 0.29) is 32.0 Å². The summed E-state index contributed by atoms with van der Waals surface area (Å²) in [5.41, 5.74) is 0.751. The molecule has 0 atom stereocenters. The summed E-state index contributed by atoms with van der Waals surface area (Å²) in [7, 11) is -3.55. The van der Waals surface area contributed by atoms with Gasteiger partial charge in [-0.15, -0.1) is 0 Å². The summed E-state index contributed by atoms with van der Waals surface area (Å²) in [5, 5.41) is 11.7. The van der Waals surface area contributed by atoms with Gasteiger partial charge in [0.2, 0.25) is 15.9 Å². The Balaban J connectivity index is 1.84. The van der Waals surface area contributed by atoms with Gasteiger partial charge in [-0.25, -0.2) is 8.42 Å². The number of ether oxygens (including phenoxy) is 1. The van der Waals surface area contributed by atoms with Gasteiger partial charge in [-0.3, -0.25) is 9.10 Å². The standard InChI is InChI=1S/C19H21N3O4S/c1-27(24,25)22(17-7-5-6-16(14-17)15-20)12-11-21-19(23)10-13-26-18-8-3-2-4-9-18/h2-9,14H,10-13H2,1H3,(H,21,23). The van der Waals surface area contributed by atoms with Crippen LogP contribution in [0.4, 0.5) is 5.69 Å². The highest BCUT2D eigenvalue weighted by atomic mass is 32.2. The number of hydrogen-bond donors (Lipinski definition) is 1. The van der Waals surface area contributed by atoms with E-state index in [2.05, 4.69) is 5.32 Å². The Labute approximate surface area is 159 Å². The van der Waals surface area contributed by atoms with Crippen molar-refractivity contribution in [3.05, 3.63) is 60.2 Å². The van der Waals surface area contributed by atoms with Gasteiger partial charge in [0.25, 0.3) is 0 Å². The zero-order chi connectivity index (χ0) is 19.7. The first-order valence-corrected chi connectivity index (χ1v) is 10.2. The topological polar surface area (TPSA) is 99.5 Å². The molecule has 0 fully saturated rings. The summed E-state index contributed by atoms with van der Waals surface area (Å²) < 4.78 is 30.7. The summed E-state index contributed by atoms with van der Waals surface area (Å²) in [6, 6.07) is 17.5. The van der Waals surface area contributed by atoms with E-state index in [1.807, 2.05) is 24.3 Å². The summed E-state index contributed by atoms with van der Waals surface area (Å²) in [4.78, 5) is 11.9. The van der Waals surface area contributed by atoms with Crippen LogP contribution in [0.1, 0.15) is 12.0 Å². The second-order valence-corrected chi connectivity index (χ2v) is 7.67. The number of benzene rings is 2. The first-order valence-electron chi connectivity index (χ1n) is 8.32. The van der Waals surface area contributed by atoms with Gasteiger partial charge in [-0.1, -0.05) is 24.3 Å². The number of para-hydroxylation sites is 1. The maximum Gasteiger partial charge on any atom is 0.232 e. The van der Waals surface area contributed by atoms with Crippen molar-refractivity contribution >= 4 is 21.6 Å². The van der Waals surface area contributed by atoms with Crippen molar-refractivity contribution in [2.75, 3.05) is 30.3 Å². The molecule has 0 heterocycles. The molecule has 0 saturated carbocycles. The summed E-state index contributed by atoms with van der Waals surface area (Å²) >= 11 is 0. The summed E-state index contributed by atoms with van der Waals surface area (Å²) in [5.74, 6) is 0.455. The van der Waals surface area contributed by atoms with Gasteiger partial charge < -0.3 is 10.1 Å². The Morgan fingerprint density at radius 2 is 1.93 bits per heavy atom. The molecular formula is C19H21N3O4S. The third kappa shape index (κ3) is 6.64. The molecule has 0 aliphatic rings. The lowest BCUT2D eigenvalue weighted by atomic mass is 10.2. The monoisotopic (exact) mass is 387 g/mol. The minimum absolute atomic E-state index is 0.0685. The van der Waals surface area contributed by atoms with E-state index in [1.165, 1.54) is 6.07 Å². The quantitative estimate of drug-likeness (QED) is 0.708. The lowest BCUT2D eigenvalue weighted by Crippen LogP contribution is -2.38. The molecule has 0 aromatic heterocycles. The van der Waals surface area contributed by atoms with Gasteiger partial charge in [0.05, 0.1) is 43.1 Å². The Bertz CT molecular complexity index is 908. The molecule has 2 aromatic rings. The minimum atomic E-state index is -3.55. The minimum Gasteiger partial charge on any atom is -0.493 e. The van der Waals surface area contributed by atoms with Gasteiger partial charge in [0.15, 0.2) is 0 Å². The molecule has 0 radical (unpaired) electrons. The fraction of sp³-hybridized carbons (Fsp3) is 0.263. The molecule has 0 saturated heterocycles.